The molecule has 0 spiro atoms. The second-order valence-corrected chi connectivity index (χ2v) is 6.91. The molecule has 0 aromatic heterocycles. The zero-order valence-corrected chi connectivity index (χ0v) is 15.7. The highest BCUT2D eigenvalue weighted by molar-refractivity contribution is 5.79. The first kappa shape index (κ1) is 23.2. The number of allylic oxidation sites excluding steroid dienone is 1. The maximum atomic E-state index is 10.3. The summed E-state index contributed by atoms with van der Waals surface area (Å²) in [5, 5.41) is 17.2. The van der Waals surface area contributed by atoms with Crippen molar-refractivity contribution in [2.75, 3.05) is 6.61 Å². The molecule has 0 heterocycles. The molecule has 0 radical (unpaired) electrons. The molecule has 0 aliphatic rings. The van der Waals surface area contributed by atoms with E-state index >= 15 is 0 Å². The van der Waals surface area contributed by atoms with Crippen molar-refractivity contribution in [2.24, 2.45) is 0 Å². The monoisotopic (exact) mass is 340 g/mol. The lowest BCUT2D eigenvalue weighted by atomic mass is 10.0. The van der Waals surface area contributed by atoms with Crippen molar-refractivity contribution in [3.05, 3.63) is 12.2 Å². The van der Waals surface area contributed by atoms with Crippen molar-refractivity contribution in [3.63, 3.8) is 0 Å². The van der Waals surface area contributed by atoms with Crippen LogP contribution in [0.4, 0.5) is 0 Å². The number of carboxylic acids is 1. The Hall–Kier alpha value is -0.830. The predicted molar refractivity (Wildman–Crippen MR) is 102 cm³/mol. The van der Waals surface area contributed by atoms with Crippen LogP contribution in [-0.4, -0.2) is 22.8 Å². The van der Waals surface area contributed by atoms with Gasteiger partial charge in [-0.25, -0.2) is 4.79 Å². The minimum Gasteiger partial charge on any atom is -0.478 e. The molecular weight excluding hydrogens is 300 g/mol. The zero-order chi connectivity index (χ0) is 17.7. The van der Waals surface area contributed by atoms with Crippen molar-refractivity contribution >= 4 is 5.97 Å². The SMILES string of the molecule is O=C(O)C=CCCCCCCCCCCCCCCCCCCO. The smallest absolute Gasteiger partial charge is 0.327 e. The maximum absolute atomic E-state index is 10.3. The molecule has 3 heteroatoms. The van der Waals surface area contributed by atoms with Crippen molar-refractivity contribution in [1.29, 1.82) is 0 Å². The van der Waals surface area contributed by atoms with Gasteiger partial charge in [0.05, 0.1) is 0 Å². The van der Waals surface area contributed by atoms with E-state index in [0.717, 1.165) is 19.3 Å². The average Bonchev–Trinajstić information content (AvgIpc) is 2.56. The van der Waals surface area contributed by atoms with Gasteiger partial charge in [-0.1, -0.05) is 96.0 Å². The molecule has 0 rings (SSSR count). The number of aliphatic carboxylic acids is 1. The van der Waals surface area contributed by atoms with Gasteiger partial charge in [-0.3, -0.25) is 0 Å². The second-order valence-electron chi connectivity index (χ2n) is 6.91. The quantitative estimate of drug-likeness (QED) is 0.216. The Balaban J connectivity index is 3.01. The van der Waals surface area contributed by atoms with Gasteiger partial charge in [-0.2, -0.15) is 0 Å². The molecule has 24 heavy (non-hydrogen) atoms. The highest BCUT2D eigenvalue weighted by Gasteiger charge is 1.94. The normalized spacial score (nSPS) is 11.4. The Bertz CT molecular complexity index is 287. The maximum Gasteiger partial charge on any atom is 0.327 e. The molecule has 0 aromatic carbocycles. The number of hydrogen-bond acceptors (Lipinski definition) is 2. The molecule has 0 bridgehead atoms. The van der Waals surface area contributed by atoms with E-state index in [1.807, 2.05) is 0 Å². The molecule has 0 fully saturated rings. The van der Waals surface area contributed by atoms with Crippen LogP contribution in [0.3, 0.4) is 0 Å². The number of aliphatic hydroxyl groups excluding tert-OH is 1. The van der Waals surface area contributed by atoms with Gasteiger partial charge < -0.3 is 10.2 Å². The largest absolute Gasteiger partial charge is 0.478 e. The third-order valence-corrected chi connectivity index (χ3v) is 4.54. The third kappa shape index (κ3) is 21.2. The number of unbranched alkanes of at least 4 members (excludes halogenated alkanes) is 16. The van der Waals surface area contributed by atoms with E-state index in [2.05, 4.69) is 0 Å². The molecule has 0 aliphatic heterocycles. The molecule has 0 saturated carbocycles. The first-order valence-corrected chi connectivity index (χ1v) is 10.3. The van der Waals surface area contributed by atoms with Gasteiger partial charge in [0.2, 0.25) is 0 Å². The first-order chi connectivity index (χ1) is 11.8. The standard InChI is InChI=1S/C21H40O3/c22-20-18-16-14-12-10-8-6-4-2-1-3-5-7-9-11-13-15-17-19-21(23)24/h17,19,22H,1-16,18,20H2,(H,23,24). The van der Waals surface area contributed by atoms with Gasteiger partial charge in [0.25, 0.3) is 0 Å². The highest BCUT2D eigenvalue weighted by Crippen LogP contribution is 2.14. The van der Waals surface area contributed by atoms with Crippen LogP contribution in [0, 0.1) is 0 Å². The molecule has 3 nitrogen and oxygen atoms in total. The van der Waals surface area contributed by atoms with Gasteiger partial charge in [0.1, 0.15) is 0 Å². The van der Waals surface area contributed by atoms with Crippen molar-refractivity contribution in [1.82, 2.24) is 0 Å². The fourth-order valence-corrected chi connectivity index (χ4v) is 3.03. The van der Waals surface area contributed by atoms with Crippen LogP contribution in [0.2, 0.25) is 0 Å². The molecule has 0 unspecified atom stereocenters. The Morgan fingerprint density at radius 1 is 0.583 bits per heavy atom. The summed E-state index contributed by atoms with van der Waals surface area (Å²) in [6.45, 7) is 0.351. The van der Waals surface area contributed by atoms with Crippen LogP contribution in [0.5, 0.6) is 0 Å². The van der Waals surface area contributed by atoms with Crippen LogP contribution >= 0.6 is 0 Å². The fraction of sp³-hybridized carbons (Fsp3) is 0.857. The topological polar surface area (TPSA) is 57.5 Å². The Morgan fingerprint density at radius 2 is 0.917 bits per heavy atom. The van der Waals surface area contributed by atoms with Crippen LogP contribution in [0.25, 0.3) is 0 Å². The van der Waals surface area contributed by atoms with Gasteiger partial charge in [-0.05, 0) is 19.3 Å². The zero-order valence-electron chi connectivity index (χ0n) is 15.7. The summed E-state index contributed by atoms with van der Waals surface area (Å²) >= 11 is 0. The molecule has 0 saturated heterocycles. The van der Waals surface area contributed by atoms with Gasteiger partial charge in [0, 0.05) is 12.7 Å². The van der Waals surface area contributed by atoms with Crippen molar-refractivity contribution in [2.45, 2.75) is 109 Å². The summed E-state index contributed by atoms with van der Waals surface area (Å²) in [6.07, 6.45) is 24.7. The lowest BCUT2D eigenvalue weighted by Crippen LogP contribution is -1.86. The number of hydrogen-bond donors (Lipinski definition) is 2. The first-order valence-electron chi connectivity index (χ1n) is 10.3. The van der Waals surface area contributed by atoms with Crippen LogP contribution in [0.15, 0.2) is 12.2 Å². The van der Waals surface area contributed by atoms with Crippen LogP contribution in [-0.2, 0) is 4.79 Å². The predicted octanol–water partition coefficient (Wildman–Crippen LogP) is 6.25. The van der Waals surface area contributed by atoms with Gasteiger partial charge in [-0.15, -0.1) is 0 Å². The number of carboxylic acid groups (broad SMARTS) is 1. The van der Waals surface area contributed by atoms with E-state index in [1.54, 1.807) is 6.08 Å². The molecule has 2 N–H and O–H groups in total. The minimum absolute atomic E-state index is 0.351. The van der Waals surface area contributed by atoms with E-state index in [4.69, 9.17) is 10.2 Å². The van der Waals surface area contributed by atoms with Crippen LogP contribution < -0.4 is 0 Å². The summed E-state index contributed by atoms with van der Waals surface area (Å²) < 4.78 is 0. The Morgan fingerprint density at radius 3 is 1.25 bits per heavy atom. The summed E-state index contributed by atoms with van der Waals surface area (Å²) in [6, 6.07) is 0. The molecule has 0 amide bonds. The lowest BCUT2D eigenvalue weighted by Gasteiger charge is -2.03. The number of carbonyl (C=O) groups is 1. The summed E-state index contributed by atoms with van der Waals surface area (Å²) in [5.41, 5.74) is 0. The third-order valence-electron chi connectivity index (χ3n) is 4.54. The average molecular weight is 341 g/mol. The van der Waals surface area contributed by atoms with Crippen LogP contribution in [0.1, 0.15) is 109 Å². The highest BCUT2D eigenvalue weighted by atomic mass is 16.4. The van der Waals surface area contributed by atoms with Crippen molar-refractivity contribution in [3.8, 4) is 0 Å². The second kappa shape index (κ2) is 20.2. The van der Waals surface area contributed by atoms with Gasteiger partial charge in [0.15, 0.2) is 0 Å². The summed E-state index contributed by atoms with van der Waals surface area (Å²) in [7, 11) is 0. The van der Waals surface area contributed by atoms with E-state index in [0.29, 0.717) is 6.61 Å². The number of aliphatic hydroxyl groups is 1. The fourth-order valence-electron chi connectivity index (χ4n) is 3.03. The molecule has 0 aromatic rings. The summed E-state index contributed by atoms with van der Waals surface area (Å²) in [5.74, 6) is -0.840. The molecule has 0 aliphatic carbocycles. The van der Waals surface area contributed by atoms with Crippen molar-refractivity contribution < 1.29 is 15.0 Å². The Kier molecular flexibility index (Phi) is 19.5. The summed E-state index contributed by atoms with van der Waals surface area (Å²) in [4.78, 5) is 10.3. The molecular formula is C21H40O3. The van der Waals surface area contributed by atoms with E-state index in [1.165, 1.54) is 96.0 Å². The number of rotatable bonds is 19. The molecule has 142 valence electrons. The van der Waals surface area contributed by atoms with E-state index in [-0.39, 0.29) is 0 Å². The molecule has 0 atom stereocenters. The lowest BCUT2D eigenvalue weighted by molar-refractivity contribution is -0.131. The van der Waals surface area contributed by atoms with E-state index < -0.39 is 5.97 Å². The van der Waals surface area contributed by atoms with Gasteiger partial charge >= 0.3 is 5.97 Å². The Labute approximate surface area is 149 Å². The van der Waals surface area contributed by atoms with E-state index in [9.17, 15) is 4.79 Å². The minimum atomic E-state index is -0.840.